The molecule has 0 atom stereocenters. The van der Waals surface area contributed by atoms with Crippen molar-refractivity contribution in [3.8, 4) is 10.6 Å². The van der Waals surface area contributed by atoms with Gasteiger partial charge in [0.1, 0.15) is 9.88 Å². The lowest BCUT2D eigenvalue weighted by atomic mass is 10.2. The molecule has 0 aliphatic carbocycles. The van der Waals surface area contributed by atoms with Crippen molar-refractivity contribution < 1.29 is 14.3 Å². The van der Waals surface area contributed by atoms with Gasteiger partial charge >= 0.3 is 5.97 Å². The van der Waals surface area contributed by atoms with Crippen LogP contribution in [0.5, 0.6) is 0 Å². The Balaban J connectivity index is 1.67. The molecular formula is C17H14N2O3S2. The molecule has 1 amide bonds. The number of thiazole rings is 1. The van der Waals surface area contributed by atoms with Crippen LogP contribution in [0.4, 0.5) is 5.69 Å². The summed E-state index contributed by atoms with van der Waals surface area (Å²) in [5, 5.41) is 7.22. The molecule has 3 aromatic rings. The van der Waals surface area contributed by atoms with E-state index in [9.17, 15) is 9.59 Å². The number of hydrogen-bond acceptors (Lipinski definition) is 6. The average Bonchev–Trinajstić information content (AvgIpc) is 3.24. The normalized spacial score (nSPS) is 10.4. The van der Waals surface area contributed by atoms with Gasteiger partial charge in [-0.05, 0) is 11.4 Å². The summed E-state index contributed by atoms with van der Waals surface area (Å²) in [4.78, 5) is 28.7. The number of anilines is 1. The van der Waals surface area contributed by atoms with Crippen LogP contribution in [0.25, 0.3) is 10.6 Å². The number of amides is 1. The predicted molar refractivity (Wildman–Crippen MR) is 95.5 cm³/mol. The molecule has 2 aromatic heterocycles. The maximum Gasteiger partial charge on any atom is 0.350 e. The Morgan fingerprint density at radius 3 is 2.71 bits per heavy atom. The summed E-state index contributed by atoms with van der Waals surface area (Å²) in [7, 11) is 1.31. The van der Waals surface area contributed by atoms with Crippen molar-refractivity contribution >= 4 is 40.2 Å². The maximum absolute atomic E-state index is 12.2. The number of benzene rings is 1. The molecule has 0 saturated carbocycles. The third-order valence-electron chi connectivity index (χ3n) is 3.22. The van der Waals surface area contributed by atoms with Gasteiger partial charge in [0.2, 0.25) is 5.91 Å². The molecule has 0 aliphatic heterocycles. The minimum Gasteiger partial charge on any atom is -0.465 e. The first-order valence-corrected chi connectivity index (χ1v) is 8.89. The van der Waals surface area contributed by atoms with Gasteiger partial charge in [0.15, 0.2) is 0 Å². The summed E-state index contributed by atoms with van der Waals surface area (Å²) in [5.74, 6) is -0.677. The molecule has 24 heavy (non-hydrogen) atoms. The maximum atomic E-state index is 12.2. The van der Waals surface area contributed by atoms with E-state index in [1.807, 2.05) is 35.7 Å². The Morgan fingerprint density at radius 2 is 1.96 bits per heavy atom. The fraction of sp³-hybridized carbons (Fsp3) is 0.118. The van der Waals surface area contributed by atoms with Crippen LogP contribution in [0.15, 0.2) is 47.2 Å². The highest BCUT2D eigenvalue weighted by Gasteiger charge is 2.16. The van der Waals surface area contributed by atoms with E-state index in [4.69, 9.17) is 4.74 Å². The van der Waals surface area contributed by atoms with Crippen LogP contribution in [0.3, 0.4) is 0 Å². The van der Waals surface area contributed by atoms with E-state index in [0.717, 1.165) is 10.6 Å². The summed E-state index contributed by atoms with van der Waals surface area (Å²) in [6.07, 6.45) is 0.153. The van der Waals surface area contributed by atoms with Crippen molar-refractivity contribution in [1.29, 1.82) is 0 Å². The zero-order valence-electron chi connectivity index (χ0n) is 12.8. The topological polar surface area (TPSA) is 68.3 Å². The monoisotopic (exact) mass is 358 g/mol. The van der Waals surface area contributed by atoms with Crippen LogP contribution in [0, 0.1) is 0 Å². The Hall–Kier alpha value is -2.51. The van der Waals surface area contributed by atoms with E-state index in [2.05, 4.69) is 10.3 Å². The number of nitrogens with zero attached hydrogens (tertiary/aromatic N) is 1. The quantitative estimate of drug-likeness (QED) is 0.704. The van der Waals surface area contributed by atoms with Crippen LogP contribution in [0.1, 0.15) is 15.4 Å². The Bertz CT molecular complexity index is 856. The third kappa shape index (κ3) is 3.69. The predicted octanol–water partition coefficient (Wildman–Crippen LogP) is 3.84. The average molecular weight is 358 g/mol. The minimum absolute atomic E-state index is 0.153. The molecule has 0 bridgehead atoms. The van der Waals surface area contributed by atoms with Crippen molar-refractivity contribution in [1.82, 2.24) is 4.98 Å². The Kier molecular flexibility index (Phi) is 5.02. The molecule has 0 aliphatic rings. The lowest BCUT2D eigenvalue weighted by molar-refractivity contribution is -0.115. The molecule has 0 saturated heterocycles. The third-order valence-corrected chi connectivity index (χ3v) is 5.06. The van der Waals surface area contributed by atoms with Gasteiger partial charge in [-0.25, -0.2) is 9.78 Å². The molecule has 0 fully saturated rings. The molecule has 122 valence electrons. The zero-order chi connectivity index (χ0) is 16.9. The highest BCUT2D eigenvalue weighted by Crippen LogP contribution is 2.25. The number of carbonyl (C=O) groups is 2. The first-order valence-electron chi connectivity index (χ1n) is 7.13. The molecule has 3 rings (SSSR count). The van der Waals surface area contributed by atoms with E-state index in [1.54, 1.807) is 11.4 Å². The number of carbonyl (C=O) groups excluding carboxylic acids is 2. The summed E-state index contributed by atoms with van der Waals surface area (Å²) < 4.78 is 4.70. The van der Waals surface area contributed by atoms with Crippen LogP contribution < -0.4 is 5.32 Å². The molecule has 1 aromatic carbocycles. The van der Waals surface area contributed by atoms with Gasteiger partial charge in [0.25, 0.3) is 0 Å². The van der Waals surface area contributed by atoms with Gasteiger partial charge in [-0.2, -0.15) is 0 Å². The molecule has 7 heteroatoms. The first kappa shape index (κ1) is 16.4. The number of methoxy groups -OCH3 is 1. The second-order valence-electron chi connectivity index (χ2n) is 4.89. The van der Waals surface area contributed by atoms with Crippen molar-refractivity contribution in [2.24, 2.45) is 0 Å². The van der Waals surface area contributed by atoms with Crippen molar-refractivity contribution in [3.63, 3.8) is 0 Å². The molecule has 0 unspecified atom stereocenters. The molecule has 2 heterocycles. The summed E-state index contributed by atoms with van der Waals surface area (Å²) in [6, 6.07) is 11.5. The lowest BCUT2D eigenvalue weighted by Gasteiger charge is -2.04. The number of aromatic nitrogens is 1. The number of hydrogen-bond donors (Lipinski definition) is 1. The van der Waals surface area contributed by atoms with Crippen molar-refractivity contribution in [2.45, 2.75) is 6.42 Å². The fourth-order valence-corrected chi connectivity index (χ4v) is 3.71. The number of ether oxygens (including phenoxy) is 1. The van der Waals surface area contributed by atoms with E-state index in [1.165, 1.54) is 29.8 Å². The van der Waals surface area contributed by atoms with E-state index < -0.39 is 5.97 Å². The van der Waals surface area contributed by atoms with E-state index in [-0.39, 0.29) is 12.3 Å². The van der Waals surface area contributed by atoms with Gasteiger partial charge in [-0.15, -0.1) is 22.7 Å². The largest absolute Gasteiger partial charge is 0.465 e. The Morgan fingerprint density at radius 1 is 1.17 bits per heavy atom. The smallest absolute Gasteiger partial charge is 0.350 e. The fourth-order valence-electron chi connectivity index (χ4n) is 2.12. The van der Waals surface area contributed by atoms with Crippen molar-refractivity contribution in [3.05, 3.63) is 57.7 Å². The molecular weight excluding hydrogens is 344 g/mol. The molecule has 0 spiro atoms. The van der Waals surface area contributed by atoms with Crippen molar-refractivity contribution in [2.75, 3.05) is 12.4 Å². The van der Waals surface area contributed by atoms with Gasteiger partial charge in [-0.3, -0.25) is 4.79 Å². The Labute approximate surface area is 146 Å². The second-order valence-corrected chi connectivity index (χ2v) is 6.66. The SMILES string of the molecule is COC(=O)c1sccc1NC(=O)Cc1csc(-c2ccccc2)n1. The van der Waals surface area contributed by atoms with E-state index in [0.29, 0.717) is 16.3 Å². The molecule has 1 N–H and O–H groups in total. The van der Waals surface area contributed by atoms with Crippen LogP contribution >= 0.6 is 22.7 Å². The second kappa shape index (κ2) is 7.37. The highest BCUT2D eigenvalue weighted by atomic mass is 32.1. The van der Waals surface area contributed by atoms with Crippen LogP contribution in [0.2, 0.25) is 0 Å². The van der Waals surface area contributed by atoms with Gasteiger partial charge in [0, 0.05) is 10.9 Å². The first-order chi connectivity index (χ1) is 11.7. The minimum atomic E-state index is -0.458. The molecule has 5 nitrogen and oxygen atoms in total. The number of rotatable bonds is 5. The van der Waals surface area contributed by atoms with Crippen LogP contribution in [-0.4, -0.2) is 24.0 Å². The number of nitrogens with one attached hydrogen (secondary N) is 1. The zero-order valence-corrected chi connectivity index (χ0v) is 14.4. The number of thiophene rings is 1. The number of esters is 1. The molecule has 0 radical (unpaired) electrons. The highest BCUT2D eigenvalue weighted by molar-refractivity contribution is 7.13. The van der Waals surface area contributed by atoms with Gasteiger partial charge < -0.3 is 10.1 Å². The van der Waals surface area contributed by atoms with Gasteiger partial charge in [0.05, 0.1) is 24.9 Å². The van der Waals surface area contributed by atoms with Gasteiger partial charge in [-0.1, -0.05) is 30.3 Å². The van der Waals surface area contributed by atoms with Crippen LogP contribution in [-0.2, 0) is 16.0 Å². The summed E-state index contributed by atoms with van der Waals surface area (Å²) >= 11 is 2.73. The standard InChI is InChI=1S/C17H14N2O3S2/c1-22-17(21)15-13(7-8-23-15)19-14(20)9-12-10-24-16(18-12)11-5-3-2-4-6-11/h2-8,10H,9H2,1H3,(H,19,20). The van der Waals surface area contributed by atoms with E-state index >= 15 is 0 Å². The lowest BCUT2D eigenvalue weighted by Crippen LogP contribution is -2.16. The summed E-state index contributed by atoms with van der Waals surface area (Å²) in [6.45, 7) is 0. The summed E-state index contributed by atoms with van der Waals surface area (Å²) in [5.41, 5.74) is 2.20.